The van der Waals surface area contributed by atoms with Gasteiger partial charge in [-0.25, -0.2) is 4.79 Å². The summed E-state index contributed by atoms with van der Waals surface area (Å²) in [5.74, 6) is -0.756. The summed E-state index contributed by atoms with van der Waals surface area (Å²) in [6.07, 6.45) is 0.233. The van der Waals surface area contributed by atoms with Crippen LogP contribution in [0.5, 0.6) is 11.5 Å². The molecule has 0 atom stereocenters. The molecule has 0 aromatic heterocycles. The van der Waals surface area contributed by atoms with E-state index in [0.29, 0.717) is 5.56 Å². The second-order valence-corrected chi connectivity index (χ2v) is 3.95. The maximum atomic E-state index is 11.3. The predicted octanol–water partition coefficient (Wildman–Crippen LogP) is 0.100. The molecule has 23 heavy (non-hydrogen) atoms. The molecule has 0 bridgehead atoms. The van der Waals surface area contributed by atoms with E-state index in [4.69, 9.17) is 15.4 Å². The molecule has 1 amide bonds. The van der Waals surface area contributed by atoms with Gasteiger partial charge in [-0.05, 0) is 12.1 Å². The summed E-state index contributed by atoms with van der Waals surface area (Å²) in [5.41, 5.74) is 5.54. The van der Waals surface area contributed by atoms with Crippen LogP contribution in [0.15, 0.2) is 17.3 Å². The molecular formula is C13H16N2O8. The van der Waals surface area contributed by atoms with Crippen molar-refractivity contribution in [2.45, 2.75) is 6.61 Å². The topological polar surface area (TPSA) is 139 Å². The average Bonchev–Trinajstić information content (AvgIpc) is 2.53. The van der Waals surface area contributed by atoms with E-state index in [2.05, 4.69) is 19.6 Å². The first-order valence-corrected chi connectivity index (χ1v) is 6.19. The number of benzene rings is 1. The highest BCUT2D eigenvalue weighted by molar-refractivity contribution is 5.82. The zero-order valence-electron chi connectivity index (χ0n) is 12.5. The third-order valence-electron chi connectivity index (χ3n) is 2.33. The number of carbonyl (C=O) groups excluding carboxylic acids is 2. The van der Waals surface area contributed by atoms with Crippen LogP contribution in [0.4, 0.5) is 4.79 Å². The van der Waals surface area contributed by atoms with E-state index < -0.39 is 18.7 Å². The normalized spacial score (nSPS) is 10.4. The van der Waals surface area contributed by atoms with Crippen LogP contribution in [-0.2, 0) is 25.9 Å². The van der Waals surface area contributed by atoms with Crippen molar-refractivity contribution in [2.24, 2.45) is 10.9 Å². The number of carbonyl (C=O) groups is 2. The molecule has 1 aromatic rings. The van der Waals surface area contributed by atoms with E-state index in [9.17, 15) is 14.7 Å². The molecule has 0 heterocycles. The number of nitrogens with two attached hydrogens (primary N) is 1. The fourth-order valence-electron chi connectivity index (χ4n) is 1.46. The van der Waals surface area contributed by atoms with Crippen molar-refractivity contribution >= 4 is 18.3 Å². The molecule has 0 aliphatic carbocycles. The van der Waals surface area contributed by atoms with Gasteiger partial charge < -0.3 is 30.0 Å². The zero-order valence-corrected chi connectivity index (χ0v) is 12.5. The lowest BCUT2D eigenvalue weighted by Gasteiger charge is -2.12. The van der Waals surface area contributed by atoms with Crippen molar-refractivity contribution in [1.29, 1.82) is 0 Å². The minimum Gasteiger partial charge on any atom is -0.437 e. The van der Waals surface area contributed by atoms with Crippen molar-refractivity contribution < 1.29 is 38.8 Å². The number of aliphatic hydroxyl groups excluding tert-OH is 1. The van der Waals surface area contributed by atoms with Crippen LogP contribution in [0.25, 0.3) is 0 Å². The first-order chi connectivity index (χ1) is 11.0. The third kappa shape index (κ3) is 5.80. The summed E-state index contributed by atoms with van der Waals surface area (Å²) in [7, 11) is 2.38. The lowest BCUT2D eigenvalue weighted by Crippen LogP contribution is -2.16. The van der Waals surface area contributed by atoms with Crippen LogP contribution in [-0.4, -0.2) is 44.2 Å². The minimum absolute atomic E-state index is 0.00407. The Bertz CT molecular complexity index is 588. The highest BCUT2D eigenvalue weighted by atomic mass is 17.2. The smallest absolute Gasteiger partial charge is 0.437 e. The minimum atomic E-state index is -0.992. The van der Waals surface area contributed by atoms with Gasteiger partial charge in [0.15, 0.2) is 12.4 Å². The Morgan fingerprint density at radius 2 is 2.09 bits per heavy atom. The summed E-state index contributed by atoms with van der Waals surface area (Å²) in [6, 6.07) is 2.84. The fraction of sp³-hybridized carbons (Fsp3) is 0.308. The monoisotopic (exact) mass is 328 g/mol. The van der Waals surface area contributed by atoms with Crippen molar-refractivity contribution in [1.82, 2.24) is 0 Å². The number of amides is 1. The van der Waals surface area contributed by atoms with Gasteiger partial charge in [0.25, 0.3) is 5.91 Å². The van der Waals surface area contributed by atoms with Gasteiger partial charge in [0, 0.05) is 11.1 Å². The molecule has 0 saturated carbocycles. The van der Waals surface area contributed by atoms with Crippen molar-refractivity contribution in [3.8, 4) is 11.5 Å². The molecule has 0 fully saturated rings. The molecule has 1 aromatic carbocycles. The Morgan fingerprint density at radius 3 is 2.65 bits per heavy atom. The number of primary amides is 1. The molecule has 0 radical (unpaired) electrons. The van der Waals surface area contributed by atoms with Gasteiger partial charge in [-0.3, -0.25) is 4.79 Å². The van der Waals surface area contributed by atoms with Crippen LogP contribution >= 0.6 is 0 Å². The number of rotatable bonds is 8. The van der Waals surface area contributed by atoms with Crippen LogP contribution < -0.4 is 15.4 Å². The first-order valence-electron chi connectivity index (χ1n) is 6.19. The van der Waals surface area contributed by atoms with Crippen LogP contribution in [0.3, 0.4) is 0 Å². The first kappa shape index (κ1) is 18.2. The van der Waals surface area contributed by atoms with E-state index >= 15 is 0 Å². The maximum absolute atomic E-state index is 11.3. The molecule has 10 nitrogen and oxygen atoms in total. The maximum Gasteiger partial charge on any atom is 0.513 e. The second kappa shape index (κ2) is 9.23. The quantitative estimate of drug-likeness (QED) is 0.225. The van der Waals surface area contributed by atoms with Gasteiger partial charge in [0.1, 0.15) is 0 Å². The van der Waals surface area contributed by atoms with Crippen molar-refractivity contribution in [3.05, 3.63) is 23.3 Å². The van der Waals surface area contributed by atoms with Crippen molar-refractivity contribution in [3.63, 3.8) is 0 Å². The summed E-state index contributed by atoms with van der Waals surface area (Å²) in [6.45, 7) is -0.820. The Hall–Kier alpha value is -2.85. The number of methoxy groups -OCH3 is 1. The standard InChI is InChI=1S/C13H16N2O8/c1-19-13(18)22-10-4-8(5-15-21-7-11(14)17)3-9(6-16)12(10)23-20-2/h3-5,16H,6-7H2,1-2H3,(H2,14,17)/b15-5-. The van der Waals surface area contributed by atoms with E-state index in [1.54, 1.807) is 0 Å². The zero-order chi connectivity index (χ0) is 17.2. The Balaban J connectivity index is 3.10. The highest BCUT2D eigenvalue weighted by Crippen LogP contribution is 2.33. The molecule has 1 rings (SSSR count). The predicted molar refractivity (Wildman–Crippen MR) is 75.8 cm³/mol. The molecule has 126 valence electrons. The second-order valence-electron chi connectivity index (χ2n) is 3.95. The summed E-state index contributed by atoms with van der Waals surface area (Å²) >= 11 is 0. The van der Waals surface area contributed by atoms with Crippen LogP contribution in [0, 0.1) is 0 Å². The van der Waals surface area contributed by atoms with Gasteiger partial charge >= 0.3 is 6.16 Å². The number of oxime groups is 1. The molecule has 0 spiro atoms. The van der Waals surface area contributed by atoms with Crippen molar-refractivity contribution in [2.75, 3.05) is 20.8 Å². The molecule has 10 heteroatoms. The number of ether oxygens (including phenoxy) is 2. The van der Waals surface area contributed by atoms with E-state index in [1.165, 1.54) is 25.5 Å². The Kier molecular flexibility index (Phi) is 7.30. The van der Waals surface area contributed by atoms with Crippen LogP contribution in [0.2, 0.25) is 0 Å². The average molecular weight is 328 g/mol. The van der Waals surface area contributed by atoms with Gasteiger partial charge in [-0.2, -0.15) is 4.89 Å². The summed E-state index contributed by atoms with van der Waals surface area (Å²) < 4.78 is 9.32. The summed E-state index contributed by atoms with van der Waals surface area (Å²) in [5, 5.41) is 12.9. The fourth-order valence-corrected chi connectivity index (χ4v) is 1.46. The molecule has 0 aliphatic rings. The molecule has 0 saturated heterocycles. The Labute approximate surface area is 131 Å². The number of aliphatic hydroxyl groups is 1. The molecule has 3 N–H and O–H groups in total. The number of nitrogens with zero attached hydrogens (tertiary/aromatic N) is 1. The van der Waals surface area contributed by atoms with Crippen LogP contribution in [0.1, 0.15) is 11.1 Å². The molecule has 0 aliphatic heterocycles. The van der Waals surface area contributed by atoms with E-state index in [1.807, 2.05) is 0 Å². The Morgan fingerprint density at radius 1 is 1.35 bits per heavy atom. The van der Waals surface area contributed by atoms with Gasteiger partial charge in [-0.15, -0.1) is 0 Å². The van der Waals surface area contributed by atoms with E-state index in [0.717, 1.165) is 7.11 Å². The SMILES string of the molecule is COOc1c(CO)cc(/C=N\OCC(N)=O)cc1OC(=O)OC. The summed E-state index contributed by atoms with van der Waals surface area (Å²) in [4.78, 5) is 35.9. The van der Waals surface area contributed by atoms with Gasteiger partial charge in [0.2, 0.25) is 5.75 Å². The van der Waals surface area contributed by atoms with Gasteiger partial charge in [0.05, 0.1) is 27.0 Å². The largest absolute Gasteiger partial charge is 0.513 e. The lowest BCUT2D eigenvalue weighted by atomic mass is 10.1. The number of hydrogen-bond donors (Lipinski definition) is 2. The lowest BCUT2D eigenvalue weighted by molar-refractivity contribution is -0.180. The highest BCUT2D eigenvalue weighted by Gasteiger charge is 2.17. The third-order valence-corrected chi connectivity index (χ3v) is 2.33. The molecular weight excluding hydrogens is 312 g/mol. The van der Waals surface area contributed by atoms with Gasteiger partial charge in [-0.1, -0.05) is 5.16 Å². The number of hydrogen-bond acceptors (Lipinski definition) is 9. The van der Waals surface area contributed by atoms with E-state index in [-0.39, 0.29) is 23.7 Å². The molecule has 0 unspecified atom stereocenters.